The number of rotatable bonds is 2. The molecule has 0 aliphatic heterocycles. The lowest BCUT2D eigenvalue weighted by Gasteiger charge is -2.06. The molecule has 0 saturated heterocycles. The lowest BCUT2D eigenvalue weighted by atomic mass is 10.5. The van der Waals surface area contributed by atoms with E-state index in [0.29, 0.717) is 0 Å². The van der Waals surface area contributed by atoms with Gasteiger partial charge in [0.2, 0.25) is 0 Å². The van der Waals surface area contributed by atoms with Crippen LogP contribution in [0.3, 0.4) is 0 Å². The number of nitrogens with one attached hydrogen (secondary N) is 2. The molecule has 1 aromatic rings. The molecule has 0 aromatic carbocycles. The first kappa shape index (κ1) is 9.56. The highest BCUT2D eigenvalue weighted by Crippen LogP contribution is 2.13. The Labute approximate surface area is 70.8 Å². The number of hydrogen-bond donors (Lipinski definition) is 2. The van der Waals surface area contributed by atoms with Crippen molar-refractivity contribution in [1.82, 2.24) is 9.97 Å². The van der Waals surface area contributed by atoms with E-state index in [-0.39, 0.29) is 5.82 Å². The molecule has 0 bridgehead atoms. The Morgan fingerprint density at radius 3 is 2.77 bits per heavy atom. The Morgan fingerprint density at radius 1 is 1.54 bits per heavy atom. The van der Waals surface area contributed by atoms with Crippen LogP contribution in [0.4, 0.5) is 19.0 Å². The molecule has 1 heterocycles. The molecule has 2 N–H and O–H groups in total. The smallest absolute Gasteiger partial charge is 0.357 e. The molecule has 0 unspecified atom stereocenters. The first-order valence-corrected chi connectivity index (χ1v) is 3.33. The monoisotopic (exact) mass is 193 g/mol. The van der Waals surface area contributed by atoms with Gasteiger partial charge in [-0.2, -0.15) is 13.2 Å². The largest absolute Gasteiger partial charge is 0.405 e. The summed E-state index contributed by atoms with van der Waals surface area (Å²) in [7, 11) is 0. The fourth-order valence-electron chi connectivity index (χ4n) is 0.662. The van der Waals surface area contributed by atoms with E-state index in [2.05, 4.69) is 9.97 Å². The van der Waals surface area contributed by atoms with Crippen molar-refractivity contribution in [3.8, 4) is 0 Å². The molecule has 0 saturated carbocycles. The van der Waals surface area contributed by atoms with Gasteiger partial charge < -0.3 is 10.3 Å². The number of aromatic amines is 1. The number of nitrogens with zero attached hydrogens (tertiary/aromatic N) is 1. The Morgan fingerprint density at radius 2 is 2.23 bits per heavy atom. The third kappa shape index (κ3) is 3.14. The number of H-pyrrole nitrogens is 1. The average molecular weight is 193 g/mol. The molecule has 1 rings (SSSR count). The predicted molar refractivity (Wildman–Crippen MR) is 39.4 cm³/mol. The molecule has 0 amide bonds. The lowest BCUT2D eigenvalue weighted by Crippen LogP contribution is -2.25. The summed E-state index contributed by atoms with van der Waals surface area (Å²) in [6.07, 6.45) is -1.93. The maximum absolute atomic E-state index is 11.7. The first-order valence-electron chi connectivity index (χ1n) is 3.33. The molecule has 72 valence electrons. The second-order valence-electron chi connectivity index (χ2n) is 2.24. The van der Waals surface area contributed by atoms with Gasteiger partial charge in [-0.15, -0.1) is 0 Å². The SMILES string of the molecule is O=c1[nH]ccnc1NCC(F)(F)F. The predicted octanol–water partition coefficient (Wildman–Crippen LogP) is 0.744. The van der Waals surface area contributed by atoms with Crippen LogP contribution in [0.5, 0.6) is 0 Å². The van der Waals surface area contributed by atoms with E-state index in [1.165, 1.54) is 12.4 Å². The molecule has 0 radical (unpaired) electrons. The van der Waals surface area contributed by atoms with Crippen molar-refractivity contribution in [2.45, 2.75) is 6.18 Å². The number of hydrogen-bond acceptors (Lipinski definition) is 3. The minimum atomic E-state index is -4.36. The molecular weight excluding hydrogens is 187 g/mol. The third-order valence-corrected chi connectivity index (χ3v) is 1.16. The second kappa shape index (κ2) is 3.46. The van der Waals surface area contributed by atoms with Crippen molar-refractivity contribution in [3.05, 3.63) is 22.7 Å². The van der Waals surface area contributed by atoms with Gasteiger partial charge >= 0.3 is 6.18 Å². The highest BCUT2D eigenvalue weighted by molar-refractivity contribution is 5.29. The Hall–Kier alpha value is -1.53. The molecule has 4 nitrogen and oxygen atoms in total. The van der Waals surface area contributed by atoms with Gasteiger partial charge in [0, 0.05) is 12.4 Å². The third-order valence-electron chi connectivity index (χ3n) is 1.16. The van der Waals surface area contributed by atoms with Gasteiger partial charge in [-0.1, -0.05) is 0 Å². The van der Waals surface area contributed by atoms with Gasteiger partial charge in [0.1, 0.15) is 6.54 Å². The average Bonchev–Trinajstić information content (AvgIpc) is 2.01. The van der Waals surface area contributed by atoms with Crippen LogP contribution in [0.2, 0.25) is 0 Å². The zero-order chi connectivity index (χ0) is 9.90. The van der Waals surface area contributed by atoms with E-state index in [4.69, 9.17) is 0 Å². The Kier molecular flexibility index (Phi) is 2.54. The Bertz CT molecular complexity index is 332. The van der Waals surface area contributed by atoms with Gasteiger partial charge in [-0.3, -0.25) is 4.79 Å². The van der Waals surface area contributed by atoms with E-state index >= 15 is 0 Å². The minimum Gasteiger partial charge on any atom is -0.357 e. The van der Waals surface area contributed by atoms with Gasteiger partial charge in [0.25, 0.3) is 5.56 Å². The highest BCUT2D eigenvalue weighted by atomic mass is 19.4. The normalized spacial score (nSPS) is 11.3. The number of alkyl halides is 3. The Balaban J connectivity index is 2.66. The van der Waals surface area contributed by atoms with Crippen LogP contribution in [0.25, 0.3) is 0 Å². The van der Waals surface area contributed by atoms with Crippen molar-refractivity contribution < 1.29 is 13.2 Å². The molecule has 0 aliphatic carbocycles. The van der Waals surface area contributed by atoms with Crippen molar-refractivity contribution in [2.24, 2.45) is 0 Å². The standard InChI is InChI=1S/C6H6F3N3O/c7-6(8,9)3-12-4-5(13)11-2-1-10-4/h1-2H,3H2,(H,10,12)(H,11,13). The maximum Gasteiger partial charge on any atom is 0.405 e. The van der Waals surface area contributed by atoms with E-state index in [9.17, 15) is 18.0 Å². The lowest BCUT2D eigenvalue weighted by molar-refractivity contribution is -0.115. The topological polar surface area (TPSA) is 57.8 Å². The zero-order valence-electron chi connectivity index (χ0n) is 6.35. The fraction of sp³-hybridized carbons (Fsp3) is 0.333. The summed E-state index contributed by atoms with van der Waals surface area (Å²) < 4.78 is 35.0. The van der Waals surface area contributed by atoms with Crippen LogP contribution in [-0.2, 0) is 0 Å². The summed E-state index contributed by atoms with van der Waals surface area (Å²) >= 11 is 0. The van der Waals surface area contributed by atoms with Gasteiger partial charge in [0.15, 0.2) is 5.82 Å². The van der Waals surface area contributed by atoms with E-state index in [1.807, 2.05) is 5.32 Å². The first-order chi connectivity index (χ1) is 5.99. The maximum atomic E-state index is 11.7. The molecular formula is C6H6F3N3O. The zero-order valence-corrected chi connectivity index (χ0v) is 6.35. The number of aromatic nitrogens is 2. The summed E-state index contributed by atoms with van der Waals surface area (Å²) in [4.78, 5) is 16.4. The van der Waals surface area contributed by atoms with Crippen molar-refractivity contribution in [3.63, 3.8) is 0 Å². The van der Waals surface area contributed by atoms with Gasteiger partial charge in [-0.05, 0) is 0 Å². The van der Waals surface area contributed by atoms with Crippen LogP contribution in [0.15, 0.2) is 17.2 Å². The quantitative estimate of drug-likeness (QED) is 0.728. The van der Waals surface area contributed by atoms with Crippen LogP contribution in [0.1, 0.15) is 0 Å². The van der Waals surface area contributed by atoms with Crippen LogP contribution in [0, 0.1) is 0 Å². The van der Waals surface area contributed by atoms with Crippen molar-refractivity contribution in [2.75, 3.05) is 11.9 Å². The van der Waals surface area contributed by atoms with E-state index < -0.39 is 18.3 Å². The summed E-state index contributed by atoms with van der Waals surface area (Å²) in [6.45, 7) is -1.27. The summed E-state index contributed by atoms with van der Waals surface area (Å²) in [6, 6.07) is 0. The van der Waals surface area contributed by atoms with Crippen molar-refractivity contribution >= 4 is 5.82 Å². The summed E-state index contributed by atoms with van der Waals surface area (Å²) in [5, 5.41) is 1.87. The number of anilines is 1. The van der Waals surface area contributed by atoms with Crippen LogP contribution >= 0.6 is 0 Å². The minimum absolute atomic E-state index is 0.333. The van der Waals surface area contributed by atoms with E-state index in [0.717, 1.165) is 0 Å². The number of halogens is 3. The molecule has 0 spiro atoms. The van der Waals surface area contributed by atoms with Crippen molar-refractivity contribution in [1.29, 1.82) is 0 Å². The van der Waals surface area contributed by atoms with Crippen LogP contribution in [-0.4, -0.2) is 22.7 Å². The van der Waals surface area contributed by atoms with Gasteiger partial charge in [0.05, 0.1) is 0 Å². The van der Waals surface area contributed by atoms with E-state index in [1.54, 1.807) is 0 Å². The molecule has 13 heavy (non-hydrogen) atoms. The summed E-state index contributed by atoms with van der Waals surface area (Å²) in [5.74, 6) is -0.333. The highest BCUT2D eigenvalue weighted by Gasteiger charge is 2.27. The molecule has 0 aliphatic rings. The fourth-order valence-corrected chi connectivity index (χ4v) is 0.662. The second-order valence-corrected chi connectivity index (χ2v) is 2.24. The molecule has 1 aromatic heterocycles. The van der Waals surface area contributed by atoms with Crippen LogP contribution < -0.4 is 10.9 Å². The molecule has 0 fully saturated rings. The van der Waals surface area contributed by atoms with Gasteiger partial charge in [-0.25, -0.2) is 4.98 Å². The summed E-state index contributed by atoms with van der Waals surface area (Å²) in [5.41, 5.74) is -0.674. The molecule has 7 heteroatoms. The molecule has 0 atom stereocenters.